The number of fused-ring (bicyclic) bond motifs is 1. The molecule has 126 valence electrons. The minimum Gasteiger partial charge on any atom is -0.490 e. The molecule has 0 unspecified atom stereocenters. The van der Waals surface area contributed by atoms with Crippen LogP contribution >= 0.6 is 23.2 Å². The lowest BCUT2D eigenvalue weighted by atomic mass is 10.2. The van der Waals surface area contributed by atoms with Gasteiger partial charge in [-0.15, -0.1) is 0 Å². The number of halogens is 2. The average molecular weight is 368 g/mol. The summed E-state index contributed by atoms with van der Waals surface area (Å²) in [6.07, 6.45) is 0.825. The van der Waals surface area contributed by atoms with Crippen molar-refractivity contribution in [2.45, 2.75) is 6.42 Å². The number of carbonyl (C=O) groups is 1. The SMILES string of the molecule is O=C(COc1ccc(Cl)cc1Cl)Nc1ccc2c(c1)OCCCO2. The first kappa shape index (κ1) is 16.7. The lowest BCUT2D eigenvalue weighted by Gasteiger charge is -2.11. The van der Waals surface area contributed by atoms with Crippen molar-refractivity contribution in [2.75, 3.05) is 25.1 Å². The zero-order valence-electron chi connectivity index (χ0n) is 12.7. The van der Waals surface area contributed by atoms with Crippen LogP contribution in [0.5, 0.6) is 17.2 Å². The third-order valence-corrected chi connectivity index (χ3v) is 3.81. The van der Waals surface area contributed by atoms with E-state index in [1.165, 1.54) is 0 Å². The number of ether oxygens (including phenoxy) is 3. The van der Waals surface area contributed by atoms with Gasteiger partial charge in [-0.1, -0.05) is 23.2 Å². The molecule has 2 aromatic carbocycles. The highest BCUT2D eigenvalue weighted by Gasteiger charge is 2.12. The maximum Gasteiger partial charge on any atom is 0.262 e. The van der Waals surface area contributed by atoms with Crippen molar-refractivity contribution in [3.8, 4) is 17.2 Å². The summed E-state index contributed by atoms with van der Waals surface area (Å²) in [7, 11) is 0. The van der Waals surface area contributed by atoms with Crippen LogP contribution in [0.1, 0.15) is 6.42 Å². The summed E-state index contributed by atoms with van der Waals surface area (Å²) in [4.78, 5) is 12.0. The van der Waals surface area contributed by atoms with Gasteiger partial charge in [-0.05, 0) is 30.3 Å². The van der Waals surface area contributed by atoms with Crippen molar-refractivity contribution in [3.63, 3.8) is 0 Å². The molecule has 0 atom stereocenters. The summed E-state index contributed by atoms with van der Waals surface area (Å²) in [5.74, 6) is 1.38. The second-order valence-corrected chi connectivity index (χ2v) is 5.97. The summed E-state index contributed by atoms with van der Waals surface area (Å²) in [6, 6.07) is 10.1. The predicted molar refractivity (Wildman–Crippen MR) is 92.6 cm³/mol. The second-order valence-electron chi connectivity index (χ2n) is 5.12. The van der Waals surface area contributed by atoms with Gasteiger partial charge in [-0.2, -0.15) is 0 Å². The van der Waals surface area contributed by atoms with Crippen LogP contribution in [0, 0.1) is 0 Å². The smallest absolute Gasteiger partial charge is 0.262 e. The van der Waals surface area contributed by atoms with Crippen molar-refractivity contribution >= 4 is 34.8 Å². The van der Waals surface area contributed by atoms with Gasteiger partial charge in [0.05, 0.1) is 18.2 Å². The van der Waals surface area contributed by atoms with E-state index in [1.54, 1.807) is 36.4 Å². The first-order valence-electron chi connectivity index (χ1n) is 7.39. The quantitative estimate of drug-likeness (QED) is 0.880. The molecule has 1 heterocycles. The molecule has 24 heavy (non-hydrogen) atoms. The molecule has 1 N–H and O–H groups in total. The Bertz CT molecular complexity index is 751. The summed E-state index contributed by atoms with van der Waals surface area (Å²) < 4.78 is 16.5. The zero-order valence-corrected chi connectivity index (χ0v) is 14.2. The Morgan fingerprint density at radius 2 is 1.88 bits per heavy atom. The lowest BCUT2D eigenvalue weighted by Crippen LogP contribution is -2.20. The van der Waals surface area contributed by atoms with Gasteiger partial charge in [0.25, 0.3) is 5.91 Å². The van der Waals surface area contributed by atoms with E-state index in [0.717, 1.165) is 6.42 Å². The van der Waals surface area contributed by atoms with Gasteiger partial charge in [-0.25, -0.2) is 0 Å². The molecule has 7 heteroatoms. The minimum atomic E-state index is -0.310. The summed E-state index contributed by atoms with van der Waals surface area (Å²) in [5.41, 5.74) is 0.607. The van der Waals surface area contributed by atoms with Crippen LogP contribution in [0.15, 0.2) is 36.4 Å². The molecule has 0 aromatic heterocycles. The van der Waals surface area contributed by atoms with E-state index in [4.69, 9.17) is 37.4 Å². The Hall–Kier alpha value is -2.11. The molecule has 0 saturated heterocycles. The lowest BCUT2D eigenvalue weighted by molar-refractivity contribution is -0.118. The van der Waals surface area contributed by atoms with Crippen LogP contribution in [0.2, 0.25) is 10.0 Å². The Balaban J connectivity index is 1.59. The van der Waals surface area contributed by atoms with Crippen molar-refractivity contribution in [1.29, 1.82) is 0 Å². The van der Waals surface area contributed by atoms with Crippen LogP contribution < -0.4 is 19.5 Å². The van der Waals surface area contributed by atoms with E-state index in [2.05, 4.69) is 5.32 Å². The minimum absolute atomic E-state index is 0.171. The van der Waals surface area contributed by atoms with Crippen molar-refractivity contribution in [3.05, 3.63) is 46.4 Å². The number of carbonyl (C=O) groups excluding carboxylic acids is 1. The monoisotopic (exact) mass is 367 g/mol. The van der Waals surface area contributed by atoms with E-state index >= 15 is 0 Å². The van der Waals surface area contributed by atoms with Crippen molar-refractivity contribution in [2.24, 2.45) is 0 Å². The molecule has 0 bridgehead atoms. The number of benzene rings is 2. The maximum atomic E-state index is 12.0. The molecule has 1 aliphatic rings. The molecule has 1 aliphatic heterocycles. The fraction of sp³-hybridized carbons (Fsp3) is 0.235. The van der Waals surface area contributed by atoms with Crippen LogP contribution in [-0.4, -0.2) is 25.7 Å². The van der Waals surface area contributed by atoms with E-state index in [1.807, 2.05) is 0 Å². The largest absolute Gasteiger partial charge is 0.490 e. The number of rotatable bonds is 4. The predicted octanol–water partition coefficient (Wildman–Crippen LogP) is 4.17. The standard InChI is InChI=1S/C17H15Cl2NO4/c18-11-2-4-14(13(19)8-11)24-10-17(21)20-12-3-5-15-16(9-12)23-7-1-6-22-15/h2-5,8-9H,1,6-7,10H2,(H,20,21). The number of hydrogen-bond acceptors (Lipinski definition) is 4. The normalized spacial score (nSPS) is 13.1. The molecule has 5 nitrogen and oxygen atoms in total. The highest BCUT2D eigenvalue weighted by molar-refractivity contribution is 6.35. The van der Waals surface area contributed by atoms with Gasteiger partial charge in [0.1, 0.15) is 5.75 Å². The van der Waals surface area contributed by atoms with E-state index in [0.29, 0.717) is 46.2 Å². The molecule has 0 radical (unpaired) electrons. The molecule has 1 amide bonds. The highest BCUT2D eigenvalue weighted by atomic mass is 35.5. The molecule has 0 saturated carbocycles. The zero-order chi connectivity index (χ0) is 16.9. The average Bonchev–Trinajstić information content (AvgIpc) is 2.79. The second kappa shape index (κ2) is 7.64. The van der Waals surface area contributed by atoms with E-state index in [-0.39, 0.29) is 12.5 Å². The van der Waals surface area contributed by atoms with Gasteiger partial charge in [-0.3, -0.25) is 4.79 Å². The van der Waals surface area contributed by atoms with Crippen molar-refractivity contribution in [1.82, 2.24) is 0 Å². The number of anilines is 1. The Morgan fingerprint density at radius 3 is 2.67 bits per heavy atom. The molecule has 0 fully saturated rings. The Kier molecular flexibility index (Phi) is 5.33. The molecule has 0 spiro atoms. The first-order chi connectivity index (χ1) is 11.6. The number of hydrogen-bond donors (Lipinski definition) is 1. The van der Waals surface area contributed by atoms with Gasteiger partial charge < -0.3 is 19.5 Å². The van der Waals surface area contributed by atoms with Gasteiger partial charge in [0, 0.05) is 23.2 Å². The fourth-order valence-corrected chi connectivity index (χ4v) is 2.64. The summed E-state index contributed by atoms with van der Waals surface area (Å²) in [5, 5.41) is 3.60. The Labute approximate surface area is 149 Å². The fourth-order valence-electron chi connectivity index (χ4n) is 2.17. The molecular weight excluding hydrogens is 353 g/mol. The number of amides is 1. The van der Waals surface area contributed by atoms with Crippen LogP contribution in [0.25, 0.3) is 0 Å². The maximum absolute atomic E-state index is 12.0. The summed E-state index contributed by atoms with van der Waals surface area (Å²) >= 11 is 11.8. The van der Waals surface area contributed by atoms with Gasteiger partial charge in [0.2, 0.25) is 0 Å². The topological polar surface area (TPSA) is 56.8 Å². The number of nitrogens with one attached hydrogen (secondary N) is 1. The summed E-state index contributed by atoms with van der Waals surface area (Å²) in [6.45, 7) is 1.03. The molecule has 3 rings (SSSR count). The van der Waals surface area contributed by atoms with Gasteiger partial charge >= 0.3 is 0 Å². The molecular formula is C17H15Cl2NO4. The van der Waals surface area contributed by atoms with Crippen LogP contribution in [0.3, 0.4) is 0 Å². The third kappa shape index (κ3) is 4.24. The third-order valence-electron chi connectivity index (χ3n) is 3.28. The van der Waals surface area contributed by atoms with Crippen LogP contribution in [0.4, 0.5) is 5.69 Å². The Morgan fingerprint density at radius 1 is 1.08 bits per heavy atom. The highest BCUT2D eigenvalue weighted by Crippen LogP contribution is 2.32. The van der Waals surface area contributed by atoms with Crippen molar-refractivity contribution < 1.29 is 19.0 Å². The molecule has 0 aliphatic carbocycles. The van der Waals surface area contributed by atoms with Gasteiger partial charge in [0.15, 0.2) is 18.1 Å². The van der Waals surface area contributed by atoms with E-state index < -0.39 is 0 Å². The molecule has 2 aromatic rings. The first-order valence-corrected chi connectivity index (χ1v) is 8.15. The van der Waals surface area contributed by atoms with Crippen LogP contribution in [-0.2, 0) is 4.79 Å². The van der Waals surface area contributed by atoms with E-state index in [9.17, 15) is 4.79 Å².